The smallest absolute Gasteiger partial charge is 0.311 e. The normalized spacial score (nSPS) is 10.2. The molecular formula is C12H8FNO3. The molecule has 0 radical (unpaired) electrons. The SMILES string of the molecule is O=[N+]([O-])c1cc(-c2ccccc2F)ccc1O. The van der Waals surface area contributed by atoms with Crippen LogP contribution in [0.5, 0.6) is 5.75 Å². The van der Waals surface area contributed by atoms with Gasteiger partial charge in [0.15, 0.2) is 5.75 Å². The van der Waals surface area contributed by atoms with Crippen LogP contribution in [0.1, 0.15) is 0 Å². The van der Waals surface area contributed by atoms with Gasteiger partial charge in [0.25, 0.3) is 0 Å². The highest BCUT2D eigenvalue weighted by atomic mass is 19.1. The average molecular weight is 233 g/mol. The molecule has 2 rings (SSSR count). The van der Waals surface area contributed by atoms with Crippen molar-refractivity contribution in [2.24, 2.45) is 0 Å². The summed E-state index contributed by atoms with van der Waals surface area (Å²) in [6.45, 7) is 0. The number of aromatic hydroxyl groups is 1. The van der Waals surface area contributed by atoms with E-state index in [-0.39, 0.29) is 5.56 Å². The average Bonchev–Trinajstić information content (AvgIpc) is 2.30. The Balaban J connectivity index is 2.58. The number of nitro benzene ring substituents is 1. The number of nitrogens with zero attached hydrogens (tertiary/aromatic N) is 1. The molecule has 0 bridgehead atoms. The summed E-state index contributed by atoms with van der Waals surface area (Å²) < 4.78 is 13.5. The lowest BCUT2D eigenvalue weighted by Crippen LogP contribution is -1.90. The Kier molecular flexibility index (Phi) is 2.74. The largest absolute Gasteiger partial charge is 0.502 e. The number of halogens is 1. The Morgan fingerprint density at radius 1 is 1.18 bits per heavy atom. The Bertz CT molecular complexity index is 584. The Morgan fingerprint density at radius 3 is 2.53 bits per heavy atom. The van der Waals surface area contributed by atoms with Crippen molar-refractivity contribution >= 4 is 5.69 Å². The second-order valence-corrected chi connectivity index (χ2v) is 3.44. The molecule has 0 aliphatic carbocycles. The molecule has 86 valence electrons. The maximum Gasteiger partial charge on any atom is 0.311 e. The van der Waals surface area contributed by atoms with Crippen LogP contribution in [0.4, 0.5) is 10.1 Å². The number of nitro groups is 1. The van der Waals surface area contributed by atoms with Gasteiger partial charge in [0, 0.05) is 11.6 Å². The fourth-order valence-corrected chi connectivity index (χ4v) is 1.53. The summed E-state index contributed by atoms with van der Waals surface area (Å²) in [7, 11) is 0. The Hall–Kier alpha value is -2.43. The van der Waals surface area contributed by atoms with Crippen LogP contribution in [-0.4, -0.2) is 10.0 Å². The van der Waals surface area contributed by atoms with E-state index in [1.165, 1.54) is 30.3 Å². The minimum absolute atomic E-state index is 0.260. The number of hydrogen-bond donors (Lipinski definition) is 1. The predicted molar refractivity (Wildman–Crippen MR) is 60.2 cm³/mol. The topological polar surface area (TPSA) is 63.4 Å². The summed E-state index contributed by atoms with van der Waals surface area (Å²) in [6.07, 6.45) is 0. The quantitative estimate of drug-likeness (QED) is 0.640. The van der Waals surface area contributed by atoms with Crippen LogP contribution in [0, 0.1) is 15.9 Å². The maximum absolute atomic E-state index is 13.5. The summed E-state index contributed by atoms with van der Waals surface area (Å²) in [6, 6.07) is 9.72. The van der Waals surface area contributed by atoms with E-state index in [0.29, 0.717) is 5.56 Å². The van der Waals surface area contributed by atoms with E-state index in [2.05, 4.69) is 0 Å². The summed E-state index contributed by atoms with van der Waals surface area (Å²) in [5, 5.41) is 19.9. The van der Waals surface area contributed by atoms with Crippen LogP contribution in [0.25, 0.3) is 11.1 Å². The van der Waals surface area contributed by atoms with Crippen LogP contribution in [-0.2, 0) is 0 Å². The third-order valence-electron chi connectivity index (χ3n) is 2.36. The van der Waals surface area contributed by atoms with E-state index in [0.717, 1.165) is 6.07 Å². The van der Waals surface area contributed by atoms with Crippen molar-refractivity contribution in [1.82, 2.24) is 0 Å². The lowest BCUT2D eigenvalue weighted by atomic mass is 10.0. The van der Waals surface area contributed by atoms with Crippen molar-refractivity contribution < 1.29 is 14.4 Å². The zero-order valence-corrected chi connectivity index (χ0v) is 8.63. The van der Waals surface area contributed by atoms with Gasteiger partial charge in [-0.2, -0.15) is 0 Å². The second kappa shape index (κ2) is 4.21. The van der Waals surface area contributed by atoms with E-state index in [9.17, 15) is 19.6 Å². The molecule has 0 heterocycles. The molecule has 4 nitrogen and oxygen atoms in total. The van der Waals surface area contributed by atoms with Gasteiger partial charge >= 0.3 is 5.69 Å². The Morgan fingerprint density at radius 2 is 1.88 bits per heavy atom. The molecule has 0 saturated carbocycles. The fraction of sp³-hybridized carbons (Fsp3) is 0. The second-order valence-electron chi connectivity index (χ2n) is 3.44. The third kappa shape index (κ3) is 2.08. The lowest BCUT2D eigenvalue weighted by molar-refractivity contribution is -0.385. The van der Waals surface area contributed by atoms with E-state index < -0.39 is 22.2 Å². The fourth-order valence-electron chi connectivity index (χ4n) is 1.53. The third-order valence-corrected chi connectivity index (χ3v) is 2.36. The molecule has 0 aliphatic heterocycles. The molecule has 0 amide bonds. The van der Waals surface area contributed by atoms with Crippen molar-refractivity contribution in [2.45, 2.75) is 0 Å². The molecule has 0 aromatic heterocycles. The molecule has 0 fully saturated rings. The monoisotopic (exact) mass is 233 g/mol. The summed E-state index contributed by atoms with van der Waals surface area (Å²) >= 11 is 0. The zero-order chi connectivity index (χ0) is 12.4. The zero-order valence-electron chi connectivity index (χ0n) is 8.63. The van der Waals surface area contributed by atoms with Gasteiger partial charge in [-0.1, -0.05) is 24.3 Å². The van der Waals surface area contributed by atoms with Gasteiger partial charge < -0.3 is 5.11 Å². The van der Waals surface area contributed by atoms with Crippen LogP contribution in [0.15, 0.2) is 42.5 Å². The number of phenols is 1. The van der Waals surface area contributed by atoms with Gasteiger partial charge in [-0.05, 0) is 17.7 Å². The van der Waals surface area contributed by atoms with Gasteiger partial charge in [-0.3, -0.25) is 10.1 Å². The molecule has 2 aromatic carbocycles. The highest BCUT2D eigenvalue weighted by molar-refractivity contribution is 5.69. The van der Waals surface area contributed by atoms with Crippen LogP contribution in [0.3, 0.4) is 0 Å². The molecule has 0 aliphatic rings. The minimum atomic E-state index is -0.709. The van der Waals surface area contributed by atoms with E-state index in [1.807, 2.05) is 0 Å². The van der Waals surface area contributed by atoms with E-state index in [4.69, 9.17) is 0 Å². The van der Waals surface area contributed by atoms with Crippen molar-refractivity contribution in [3.63, 3.8) is 0 Å². The highest BCUT2D eigenvalue weighted by Gasteiger charge is 2.15. The van der Waals surface area contributed by atoms with Crippen LogP contribution < -0.4 is 0 Å². The van der Waals surface area contributed by atoms with Crippen LogP contribution >= 0.6 is 0 Å². The van der Waals surface area contributed by atoms with Crippen molar-refractivity contribution in [2.75, 3.05) is 0 Å². The molecule has 0 unspecified atom stereocenters. The number of benzene rings is 2. The van der Waals surface area contributed by atoms with Crippen molar-refractivity contribution in [3.8, 4) is 16.9 Å². The van der Waals surface area contributed by atoms with Crippen LogP contribution in [0.2, 0.25) is 0 Å². The summed E-state index contributed by atoms with van der Waals surface area (Å²) in [4.78, 5) is 9.93. The van der Waals surface area contributed by atoms with Gasteiger partial charge in [-0.25, -0.2) is 4.39 Å². The van der Waals surface area contributed by atoms with Gasteiger partial charge in [-0.15, -0.1) is 0 Å². The van der Waals surface area contributed by atoms with Gasteiger partial charge in [0.2, 0.25) is 0 Å². The Labute approximate surface area is 96.1 Å². The molecule has 0 atom stereocenters. The predicted octanol–water partition coefficient (Wildman–Crippen LogP) is 3.11. The number of hydrogen-bond acceptors (Lipinski definition) is 3. The van der Waals surface area contributed by atoms with Crippen molar-refractivity contribution in [3.05, 3.63) is 58.4 Å². The van der Waals surface area contributed by atoms with Gasteiger partial charge in [0.05, 0.1) is 4.92 Å². The number of phenolic OH excluding ortho intramolecular Hbond substituents is 1. The maximum atomic E-state index is 13.5. The molecule has 1 N–H and O–H groups in total. The first-order chi connectivity index (χ1) is 8.09. The molecular weight excluding hydrogens is 225 g/mol. The molecule has 17 heavy (non-hydrogen) atoms. The first kappa shape index (κ1) is 11.1. The standard InChI is InChI=1S/C12H8FNO3/c13-10-4-2-1-3-9(10)8-5-6-12(15)11(7-8)14(16)17/h1-7,15H. The first-order valence-electron chi connectivity index (χ1n) is 4.82. The molecule has 2 aromatic rings. The van der Waals surface area contributed by atoms with Gasteiger partial charge in [0.1, 0.15) is 5.82 Å². The molecule has 0 spiro atoms. The van der Waals surface area contributed by atoms with E-state index in [1.54, 1.807) is 6.07 Å². The first-order valence-corrected chi connectivity index (χ1v) is 4.82. The van der Waals surface area contributed by atoms with E-state index >= 15 is 0 Å². The minimum Gasteiger partial charge on any atom is -0.502 e. The molecule has 0 saturated heterocycles. The summed E-state index contributed by atoms with van der Waals surface area (Å²) in [5.41, 5.74) is 0.175. The summed E-state index contributed by atoms with van der Waals surface area (Å²) in [5.74, 6) is -0.900. The molecule has 5 heteroatoms. The number of rotatable bonds is 2. The lowest BCUT2D eigenvalue weighted by Gasteiger charge is -2.03. The highest BCUT2D eigenvalue weighted by Crippen LogP contribution is 2.32. The van der Waals surface area contributed by atoms with Crippen molar-refractivity contribution in [1.29, 1.82) is 0 Å².